The lowest BCUT2D eigenvalue weighted by Crippen LogP contribution is -2.38. The molecule has 2 aromatic rings. The summed E-state index contributed by atoms with van der Waals surface area (Å²) >= 11 is 5.86. The van der Waals surface area contributed by atoms with E-state index in [9.17, 15) is 9.59 Å². The summed E-state index contributed by atoms with van der Waals surface area (Å²) in [6, 6.07) is 8.73. The number of hydrogen-bond acceptors (Lipinski definition) is 4. The van der Waals surface area contributed by atoms with E-state index in [0.717, 1.165) is 37.3 Å². The number of piperidine rings is 1. The molecular weight excluding hydrogens is 352 g/mol. The normalized spacial score (nSPS) is 17.2. The molecule has 0 saturated carbocycles. The molecule has 26 heavy (non-hydrogen) atoms. The smallest absolute Gasteiger partial charge is 0.268 e. The summed E-state index contributed by atoms with van der Waals surface area (Å²) in [5.74, 6) is 0.253. The maximum absolute atomic E-state index is 12.3. The summed E-state index contributed by atoms with van der Waals surface area (Å²) < 4.78 is 1.44. The van der Waals surface area contributed by atoms with Crippen LogP contribution in [-0.2, 0) is 11.3 Å². The number of benzene rings is 1. The molecular formula is C19H23ClN4O2. The van der Waals surface area contributed by atoms with Crippen LogP contribution in [0.5, 0.6) is 0 Å². The quantitative estimate of drug-likeness (QED) is 0.872. The number of nitrogens with one attached hydrogen (secondary N) is 1. The van der Waals surface area contributed by atoms with Crippen LogP contribution in [0.2, 0.25) is 5.02 Å². The number of hydrogen-bond donors (Lipinski definition) is 1. The SMILES string of the molecule is CCn1ncc(N2CCCC(CC(=O)Nc3ccc(Cl)cc3)C2)cc1=O. The molecule has 0 spiro atoms. The summed E-state index contributed by atoms with van der Waals surface area (Å²) in [4.78, 5) is 26.5. The van der Waals surface area contributed by atoms with Gasteiger partial charge in [-0.3, -0.25) is 9.59 Å². The van der Waals surface area contributed by atoms with Gasteiger partial charge in [-0.25, -0.2) is 4.68 Å². The molecule has 0 bridgehead atoms. The van der Waals surface area contributed by atoms with E-state index in [-0.39, 0.29) is 17.4 Å². The van der Waals surface area contributed by atoms with Gasteiger partial charge in [0.25, 0.3) is 5.56 Å². The number of halogens is 1. The van der Waals surface area contributed by atoms with E-state index in [4.69, 9.17) is 11.6 Å². The zero-order chi connectivity index (χ0) is 18.5. The Balaban J connectivity index is 1.59. The minimum Gasteiger partial charge on any atom is -0.370 e. The van der Waals surface area contributed by atoms with Crippen molar-refractivity contribution in [3.63, 3.8) is 0 Å². The molecule has 6 nitrogen and oxygen atoms in total. The minimum absolute atomic E-state index is 0.00121. The molecule has 1 unspecified atom stereocenters. The standard InChI is InChI=1S/C19H23ClN4O2/c1-2-24-19(26)11-17(12-21-24)23-9-3-4-14(13-23)10-18(25)22-16-7-5-15(20)6-8-16/h5-8,11-12,14H,2-4,9-10,13H2,1H3,(H,22,25). The maximum Gasteiger partial charge on any atom is 0.268 e. The van der Waals surface area contributed by atoms with E-state index in [2.05, 4.69) is 15.3 Å². The number of aromatic nitrogens is 2. The predicted octanol–water partition coefficient (Wildman–Crippen LogP) is 3.16. The molecule has 1 fully saturated rings. The van der Waals surface area contributed by atoms with Crippen molar-refractivity contribution >= 4 is 28.9 Å². The summed E-state index contributed by atoms with van der Waals surface area (Å²) in [6.07, 6.45) is 4.19. The number of aryl methyl sites for hydroxylation is 1. The first-order valence-corrected chi connectivity index (χ1v) is 9.30. The van der Waals surface area contributed by atoms with Crippen LogP contribution in [-0.4, -0.2) is 28.8 Å². The first-order chi connectivity index (χ1) is 12.5. The van der Waals surface area contributed by atoms with Gasteiger partial charge < -0.3 is 10.2 Å². The highest BCUT2D eigenvalue weighted by Gasteiger charge is 2.23. The first kappa shape index (κ1) is 18.5. The van der Waals surface area contributed by atoms with Crippen LogP contribution < -0.4 is 15.8 Å². The number of carbonyl (C=O) groups is 1. The van der Waals surface area contributed by atoms with Crippen molar-refractivity contribution in [2.45, 2.75) is 32.7 Å². The average molecular weight is 375 g/mol. The molecule has 1 aromatic heterocycles. The van der Waals surface area contributed by atoms with E-state index in [0.29, 0.717) is 18.0 Å². The number of carbonyl (C=O) groups excluding carboxylic acids is 1. The molecule has 1 aromatic carbocycles. The molecule has 138 valence electrons. The Morgan fingerprint density at radius 2 is 2.12 bits per heavy atom. The van der Waals surface area contributed by atoms with Gasteiger partial charge in [-0.1, -0.05) is 11.6 Å². The third kappa shape index (κ3) is 4.64. The molecule has 1 saturated heterocycles. The predicted molar refractivity (Wildman–Crippen MR) is 104 cm³/mol. The molecule has 3 rings (SSSR count). The van der Waals surface area contributed by atoms with Gasteiger partial charge in [0.1, 0.15) is 0 Å². The Kier molecular flexibility index (Phi) is 5.93. The summed E-state index contributed by atoms with van der Waals surface area (Å²) in [7, 11) is 0. The molecule has 1 N–H and O–H groups in total. The van der Waals surface area contributed by atoms with Crippen molar-refractivity contribution in [1.29, 1.82) is 0 Å². The van der Waals surface area contributed by atoms with Gasteiger partial charge in [-0.2, -0.15) is 5.10 Å². The Morgan fingerprint density at radius 1 is 1.35 bits per heavy atom. The van der Waals surface area contributed by atoms with Crippen molar-refractivity contribution in [3.05, 3.63) is 51.9 Å². The fraction of sp³-hybridized carbons (Fsp3) is 0.421. The van der Waals surface area contributed by atoms with Crippen LogP contribution in [0.3, 0.4) is 0 Å². The zero-order valence-electron chi connectivity index (χ0n) is 14.8. The number of rotatable bonds is 5. The number of anilines is 2. The van der Waals surface area contributed by atoms with E-state index in [1.165, 1.54) is 4.68 Å². The van der Waals surface area contributed by atoms with Crippen LogP contribution in [0.25, 0.3) is 0 Å². The molecule has 1 amide bonds. The second-order valence-corrected chi connectivity index (χ2v) is 7.02. The van der Waals surface area contributed by atoms with Gasteiger partial charge in [0, 0.05) is 42.8 Å². The van der Waals surface area contributed by atoms with E-state index < -0.39 is 0 Å². The molecule has 0 aliphatic carbocycles. The van der Waals surface area contributed by atoms with Gasteiger partial charge in [0.05, 0.1) is 11.9 Å². The minimum atomic E-state index is -0.0902. The van der Waals surface area contributed by atoms with Gasteiger partial charge in [-0.05, 0) is 49.9 Å². The Hall–Kier alpha value is -2.34. The van der Waals surface area contributed by atoms with E-state index >= 15 is 0 Å². The van der Waals surface area contributed by atoms with Crippen LogP contribution in [0, 0.1) is 5.92 Å². The highest BCUT2D eigenvalue weighted by molar-refractivity contribution is 6.30. The summed E-state index contributed by atoms with van der Waals surface area (Å²) in [5, 5.41) is 7.75. The van der Waals surface area contributed by atoms with Gasteiger partial charge >= 0.3 is 0 Å². The van der Waals surface area contributed by atoms with Gasteiger partial charge in [0.2, 0.25) is 5.91 Å². The molecule has 0 radical (unpaired) electrons. The molecule has 1 aliphatic heterocycles. The second-order valence-electron chi connectivity index (χ2n) is 6.58. The second kappa shape index (κ2) is 8.36. The Bertz CT molecular complexity index is 819. The average Bonchev–Trinajstić information content (AvgIpc) is 2.64. The third-order valence-electron chi connectivity index (χ3n) is 4.64. The van der Waals surface area contributed by atoms with Crippen molar-refractivity contribution in [1.82, 2.24) is 9.78 Å². The van der Waals surface area contributed by atoms with E-state index in [1.807, 2.05) is 6.92 Å². The number of nitrogens with zero attached hydrogens (tertiary/aromatic N) is 3. The molecule has 7 heteroatoms. The van der Waals surface area contributed by atoms with E-state index in [1.54, 1.807) is 36.5 Å². The highest BCUT2D eigenvalue weighted by Crippen LogP contribution is 2.24. The fourth-order valence-electron chi connectivity index (χ4n) is 3.31. The monoisotopic (exact) mass is 374 g/mol. The van der Waals surface area contributed by atoms with Crippen LogP contribution in [0.1, 0.15) is 26.2 Å². The van der Waals surface area contributed by atoms with Crippen molar-refractivity contribution in [3.8, 4) is 0 Å². The van der Waals surface area contributed by atoms with Crippen LogP contribution in [0.4, 0.5) is 11.4 Å². The van der Waals surface area contributed by atoms with Gasteiger partial charge in [0.15, 0.2) is 0 Å². The highest BCUT2D eigenvalue weighted by atomic mass is 35.5. The largest absolute Gasteiger partial charge is 0.370 e. The number of amides is 1. The topological polar surface area (TPSA) is 67.2 Å². The van der Waals surface area contributed by atoms with Crippen LogP contribution >= 0.6 is 11.6 Å². The molecule has 1 aliphatic rings. The molecule has 2 heterocycles. The summed E-state index contributed by atoms with van der Waals surface area (Å²) in [6.45, 7) is 4.09. The lowest BCUT2D eigenvalue weighted by molar-refractivity contribution is -0.117. The molecule has 1 atom stereocenters. The van der Waals surface area contributed by atoms with Crippen LogP contribution in [0.15, 0.2) is 41.3 Å². The first-order valence-electron chi connectivity index (χ1n) is 8.92. The lowest BCUT2D eigenvalue weighted by atomic mass is 9.94. The zero-order valence-corrected chi connectivity index (χ0v) is 15.6. The maximum atomic E-state index is 12.3. The lowest BCUT2D eigenvalue weighted by Gasteiger charge is -2.33. The van der Waals surface area contributed by atoms with Crippen molar-refractivity contribution in [2.75, 3.05) is 23.3 Å². The third-order valence-corrected chi connectivity index (χ3v) is 4.89. The van der Waals surface area contributed by atoms with Crippen molar-refractivity contribution < 1.29 is 4.79 Å². The van der Waals surface area contributed by atoms with Crippen molar-refractivity contribution in [2.24, 2.45) is 5.92 Å². The Labute approximate surface area is 157 Å². The Morgan fingerprint density at radius 3 is 2.81 bits per heavy atom. The van der Waals surface area contributed by atoms with Gasteiger partial charge in [-0.15, -0.1) is 0 Å². The fourth-order valence-corrected chi connectivity index (χ4v) is 3.43. The summed E-state index contributed by atoms with van der Waals surface area (Å²) in [5.41, 5.74) is 1.49.